The van der Waals surface area contributed by atoms with Crippen LogP contribution in [0.2, 0.25) is 0 Å². The van der Waals surface area contributed by atoms with Crippen molar-refractivity contribution in [2.75, 3.05) is 9.80 Å². The number of hydrogen-bond donors (Lipinski definition) is 0. The molecule has 1 aliphatic rings. The van der Waals surface area contributed by atoms with Gasteiger partial charge in [-0.05, 0) is 47.5 Å². The quantitative estimate of drug-likeness (QED) is 0.115. The summed E-state index contributed by atoms with van der Waals surface area (Å²) in [5.41, 5.74) is 12.5. The van der Waals surface area contributed by atoms with E-state index < -0.39 is 0 Å². The number of anilines is 6. The van der Waals surface area contributed by atoms with Gasteiger partial charge in [0.05, 0.1) is 35.0 Å². The number of fused-ring (bicyclic) bond motifs is 2. The molecule has 0 fully saturated rings. The summed E-state index contributed by atoms with van der Waals surface area (Å²) in [7, 11) is 0. The smallest absolute Gasteiger partial charge is 0.238 e. The van der Waals surface area contributed by atoms with E-state index in [9.17, 15) is 0 Å². The molecule has 12 heteroatoms. The molecule has 1 aliphatic heterocycles. The van der Waals surface area contributed by atoms with E-state index in [1.54, 1.807) is 0 Å². The van der Waals surface area contributed by atoms with Crippen molar-refractivity contribution in [3.05, 3.63) is 278 Å². The minimum atomic E-state index is 0.411. The van der Waals surface area contributed by atoms with E-state index in [-0.39, 0.29) is 0 Å². The molecule has 0 atom stereocenters. The van der Waals surface area contributed by atoms with Crippen LogP contribution in [-0.4, -0.2) is 44.9 Å². The summed E-state index contributed by atoms with van der Waals surface area (Å²) in [4.78, 5) is 55.6. The molecule has 13 aromatic rings. The maximum Gasteiger partial charge on any atom is 0.238 e. The summed E-state index contributed by atoms with van der Waals surface area (Å²) in [5.74, 6) is 4.36. The highest BCUT2D eigenvalue weighted by Gasteiger charge is 2.35. The number of aromatic nitrogens is 9. The van der Waals surface area contributed by atoms with Crippen molar-refractivity contribution < 1.29 is 0 Å². The van der Waals surface area contributed by atoms with E-state index in [2.05, 4.69) is 51.0 Å². The number of para-hydroxylation sites is 4. The van der Waals surface area contributed by atoms with Crippen LogP contribution in [0.15, 0.2) is 267 Å². The number of nitrogens with zero attached hydrogens (tertiary/aromatic N) is 12. The molecule has 14 rings (SSSR count). The van der Waals surface area contributed by atoms with Crippen LogP contribution in [-0.2, 0) is 0 Å². The van der Waals surface area contributed by atoms with Crippen molar-refractivity contribution in [1.82, 2.24) is 44.9 Å². The van der Waals surface area contributed by atoms with Gasteiger partial charge in [-0.2, -0.15) is 9.97 Å². The minimum absolute atomic E-state index is 0.411. The molecule has 82 heavy (non-hydrogen) atoms. The van der Waals surface area contributed by atoms with Crippen molar-refractivity contribution in [2.24, 2.45) is 0 Å². The lowest BCUT2D eigenvalue weighted by Crippen LogP contribution is -2.26. The zero-order valence-corrected chi connectivity index (χ0v) is 43.8. The van der Waals surface area contributed by atoms with Gasteiger partial charge in [0, 0.05) is 44.5 Å². The summed E-state index contributed by atoms with van der Waals surface area (Å²) in [6.07, 6.45) is 0. The first-order valence-corrected chi connectivity index (χ1v) is 26.7. The summed E-state index contributed by atoms with van der Waals surface area (Å²) >= 11 is 0. The van der Waals surface area contributed by atoms with Crippen molar-refractivity contribution in [3.63, 3.8) is 0 Å². The Balaban J connectivity index is 1.07. The lowest BCUT2D eigenvalue weighted by atomic mass is 9.93. The molecular weight excluding hydrogens is 1010 g/mol. The molecule has 0 N–H and O–H groups in total. The second-order valence-corrected chi connectivity index (χ2v) is 19.3. The minimum Gasteiger partial charge on any atom is -0.306 e. The Morgan fingerprint density at radius 3 is 0.866 bits per heavy atom. The van der Waals surface area contributed by atoms with Crippen LogP contribution in [0.1, 0.15) is 0 Å². The maximum absolute atomic E-state index is 7.94. The molecule has 384 valence electrons. The molecule has 0 saturated carbocycles. The molecule has 0 bridgehead atoms. The molecule has 0 amide bonds. The van der Waals surface area contributed by atoms with Gasteiger partial charge in [0.1, 0.15) is 0 Å². The van der Waals surface area contributed by atoms with Gasteiger partial charge in [0.25, 0.3) is 0 Å². The summed E-state index contributed by atoms with van der Waals surface area (Å²) < 4.78 is 0. The Kier molecular flexibility index (Phi) is 12.6. The Hall–Kier alpha value is -11.7. The van der Waals surface area contributed by atoms with E-state index in [0.29, 0.717) is 69.4 Å². The first kappa shape index (κ1) is 48.7. The van der Waals surface area contributed by atoms with Gasteiger partial charge in [-0.3, -0.25) is 4.90 Å². The summed E-state index contributed by atoms with van der Waals surface area (Å²) in [5, 5.41) is 0. The lowest BCUT2D eigenvalue weighted by molar-refractivity contribution is 1.01. The van der Waals surface area contributed by atoms with Gasteiger partial charge >= 0.3 is 0 Å². The van der Waals surface area contributed by atoms with E-state index in [1.165, 1.54) is 0 Å². The van der Waals surface area contributed by atoms with Crippen molar-refractivity contribution in [2.45, 2.75) is 0 Å². The molecule has 0 radical (unpaired) electrons. The zero-order valence-electron chi connectivity index (χ0n) is 43.8. The summed E-state index contributed by atoms with van der Waals surface area (Å²) in [6.45, 7) is 7.94. The Morgan fingerprint density at radius 1 is 0.232 bits per heavy atom. The van der Waals surface area contributed by atoms with Crippen molar-refractivity contribution in [3.8, 4) is 102 Å². The standard InChI is InChI=1S/C70H44N12/c1-71-53-42-40-46(41-43-53)54-45-61(81-57-36-20-22-38-59(57)82(60-39-23-21-37-58(60)81)70-79-66(51-32-16-6-17-33-51)74-67(80-70)52-34-18-7-19-35-52)56(69-77-64(49-28-12-4-13-29-49)73-65(78-69)50-30-14-5-15-31-50)44-55(54)68-75-62(47-24-8-2-9-25-47)72-63(76-68)48-26-10-3-11-27-48/h2-45H. The fourth-order valence-corrected chi connectivity index (χ4v) is 10.3. The molecule has 0 unspecified atom stereocenters. The predicted molar refractivity (Wildman–Crippen MR) is 325 cm³/mol. The van der Waals surface area contributed by atoms with Crippen LogP contribution in [0.3, 0.4) is 0 Å². The number of rotatable bonds is 11. The predicted octanol–water partition coefficient (Wildman–Crippen LogP) is 17.0. The molecule has 10 aromatic carbocycles. The molecule has 0 saturated heterocycles. The molecule has 0 aliphatic carbocycles. The van der Waals surface area contributed by atoms with E-state index >= 15 is 0 Å². The van der Waals surface area contributed by atoms with Crippen molar-refractivity contribution >= 4 is 40.1 Å². The Bertz CT molecular complexity index is 4290. The number of benzene rings is 10. The Morgan fingerprint density at radius 2 is 0.524 bits per heavy atom. The van der Waals surface area contributed by atoms with Crippen LogP contribution in [0, 0.1) is 6.57 Å². The monoisotopic (exact) mass is 1050 g/mol. The van der Waals surface area contributed by atoms with E-state index in [0.717, 1.165) is 72.9 Å². The molecule has 3 aromatic heterocycles. The first-order valence-electron chi connectivity index (χ1n) is 26.7. The molecular formula is C70H44N12. The average Bonchev–Trinajstić information content (AvgIpc) is 2.46. The lowest BCUT2D eigenvalue weighted by Gasteiger charge is -2.40. The highest BCUT2D eigenvalue weighted by atomic mass is 15.3. The van der Waals surface area contributed by atoms with Gasteiger partial charge in [-0.15, -0.1) is 0 Å². The topological polar surface area (TPSA) is 127 Å². The van der Waals surface area contributed by atoms with Crippen LogP contribution in [0.5, 0.6) is 0 Å². The van der Waals surface area contributed by atoms with Crippen molar-refractivity contribution in [1.29, 1.82) is 0 Å². The highest BCUT2D eigenvalue weighted by Crippen LogP contribution is 2.56. The highest BCUT2D eigenvalue weighted by molar-refractivity contribution is 6.05. The van der Waals surface area contributed by atoms with Gasteiger partial charge in [0.2, 0.25) is 5.95 Å². The van der Waals surface area contributed by atoms with E-state index in [4.69, 9.17) is 51.4 Å². The third kappa shape index (κ3) is 9.31. The van der Waals surface area contributed by atoms with Crippen LogP contribution >= 0.6 is 0 Å². The second-order valence-electron chi connectivity index (χ2n) is 19.3. The largest absolute Gasteiger partial charge is 0.306 e. The first-order chi connectivity index (χ1) is 40.6. The van der Waals surface area contributed by atoms with Gasteiger partial charge in [0.15, 0.2) is 52.3 Å². The Labute approximate surface area is 473 Å². The van der Waals surface area contributed by atoms with Gasteiger partial charge in [-0.25, -0.2) is 39.7 Å². The van der Waals surface area contributed by atoms with Gasteiger partial charge in [-0.1, -0.05) is 231 Å². The van der Waals surface area contributed by atoms with Gasteiger partial charge < -0.3 is 4.90 Å². The fraction of sp³-hybridized carbons (Fsp3) is 0. The number of hydrogen-bond acceptors (Lipinski definition) is 11. The third-order valence-electron chi connectivity index (χ3n) is 14.2. The summed E-state index contributed by atoms with van der Waals surface area (Å²) in [6, 6.07) is 88.3. The normalized spacial score (nSPS) is 11.6. The third-order valence-corrected chi connectivity index (χ3v) is 14.2. The van der Waals surface area contributed by atoms with Crippen LogP contribution in [0.4, 0.5) is 40.1 Å². The average molecular weight is 1050 g/mol. The second kappa shape index (κ2) is 21.3. The zero-order chi connectivity index (χ0) is 54.8. The SMILES string of the molecule is [C-]#[N+]c1ccc(-c2cc(N3c4ccccc4N(c4nc(-c5ccccc5)nc(-c5ccccc5)n4)c4ccccc43)c(-c3nc(-c4ccccc4)nc(-c4ccccc4)n3)cc2-c2nc(-c3ccccc3)nc(-c3ccccc3)n2)cc1. The van der Waals surface area contributed by atoms with Crippen LogP contribution < -0.4 is 9.80 Å². The van der Waals surface area contributed by atoms with Crippen LogP contribution in [0.25, 0.3) is 107 Å². The maximum atomic E-state index is 7.94. The molecule has 0 spiro atoms. The molecule has 12 nitrogen and oxygen atoms in total. The van der Waals surface area contributed by atoms with E-state index in [1.807, 2.05) is 231 Å². The molecule has 4 heterocycles. The fourth-order valence-electron chi connectivity index (χ4n) is 10.3.